The van der Waals surface area contributed by atoms with Crippen molar-refractivity contribution < 1.29 is 4.79 Å². The molecule has 0 aliphatic heterocycles. The number of carbonyl (C=O) groups is 1. The summed E-state index contributed by atoms with van der Waals surface area (Å²) >= 11 is 3.41. The topological polar surface area (TPSA) is 68.0 Å². The normalized spacial score (nSPS) is 15.0. The Hall–Kier alpha value is -0.790. The molecule has 0 spiro atoms. The first kappa shape index (κ1) is 23.2. The molecule has 1 fully saturated rings. The summed E-state index contributed by atoms with van der Waals surface area (Å²) in [5.74, 6) is 0.834. The van der Waals surface area contributed by atoms with Crippen LogP contribution in [-0.2, 0) is 5.75 Å². The van der Waals surface area contributed by atoms with Gasteiger partial charge >= 0.3 is 0 Å². The van der Waals surface area contributed by atoms with Crippen LogP contribution in [0.4, 0.5) is 0 Å². The van der Waals surface area contributed by atoms with Gasteiger partial charge in [-0.25, -0.2) is 4.98 Å². The Labute approximate surface area is 175 Å². The molecular formula is C18H25Cl2N3OS2. The molecule has 0 unspecified atom stereocenters. The number of aromatic nitrogens is 1. The Balaban J connectivity index is 0.00000169. The number of halogens is 2. The molecule has 26 heavy (non-hydrogen) atoms. The van der Waals surface area contributed by atoms with Crippen LogP contribution in [0.5, 0.6) is 0 Å². The number of thiazole rings is 1. The highest BCUT2D eigenvalue weighted by Gasteiger charge is 2.33. The van der Waals surface area contributed by atoms with Gasteiger partial charge in [0, 0.05) is 28.1 Å². The highest BCUT2D eigenvalue weighted by Crippen LogP contribution is 2.29. The number of hydrogen-bond donors (Lipinski definition) is 2. The van der Waals surface area contributed by atoms with E-state index in [1.54, 1.807) is 23.1 Å². The lowest BCUT2D eigenvalue weighted by molar-refractivity contribution is 0.0903. The van der Waals surface area contributed by atoms with Crippen LogP contribution < -0.4 is 11.1 Å². The van der Waals surface area contributed by atoms with Gasteiger partial charge in [0.2, 0.25) is 0 Å². The van der Waals surface area contributed by atoms with Crippen molar-refractivity contribution in [2.24, 2.45) is 5.73 Å². The molecule has 144 valence electrons. The van der Waals surface area contributed by atoms with Gasteiger partial charge in [-0.1, -0.05) is 12.8 Å². The summed E-state index contributed by atoms with van der Waals surface area (Å²) in [5, 5.41) is 6.35. The second-order valence-electron chi connectivity index (χ2n) is 6.32. The van der Waals surface area contributed by atoms with Gasteiger partial charge in [0.05, 0.1) is 16.2 Å². The summed E-state index contributed by atoms with van der Waals surface area (Å²) in [6.45, 7) is 2.53. The summed E-state index contributed by atoms with van der Waals surface area (Å²) in [7, 11) is 0. The standard InChI is InChI=1S/C18H23N3OS2.2ClH/c1-13-20-15(10-23-13)11-24-16-6-4-14(5-7-16)17(22)21-18(12-19)8-2-3-9-18;;/h4-7,10H,2-3,8-9,11-12,19H2,1H3,(H,21,22);2*1H. The average molecular weight is 434 g/mol. The Kier molecular flexibility index (Phi) is 9.41. The summed E-state index contributed by atoms with van der Waals surface area (Å²) in [6.07, 6.45) is 4.25. The van der Waals surface area contributed by atoms with Crippen molar-refractivity contribution in [3.63, 3.8) is 0 Å². The molecule has 1 amide bonds. The number of rotatable bonds is 6. The molecule has 0 radical (unpaired) electrons. The first-order valence-electron chi connectivity index (χ1n) is 8.27. The smallest absolute Gasteiger partial charge is 0.251 e. The number of aryl methyl sites for hydroxylation is 1. The zero-order valence-electron chi connectivity index (χ0n) is 14.7. The lowest BCUT2D eigenvalue weighted by atomic mass is 9.97. The first-order chi connectivity index (χ1) is 11.6. The van der Waals surface area contributed by atoms with Gasteiger partial charge in [0.25, 0.3) is 5.91 Å². The van der Waals surface area contributed by atoms with Gasteiger partial charge in [-0.2, -0.15) is 0 Å². The summed E-state index contributed by atoms with van der Waals surface area (Å²) in [5.41, 5.74) is 7.50. The van der Waals surface area contributed by atoms with E-state index in [1.807, 2.05) is 31.2 Å². The van der Waals surface area contributed by atoms with Crippen LogP contribution in [0.1, 0.15) is 46.7 Å². The third kappa shape index (κ3) is 5.86. The lowest BCUT2D eigenvalue weighted by Gasteiger charge is -2.28. The maximum Gasteiger partial charge on any atom is 0.251 e. The minimum Gasteiger partial charge on any atom is -0.345 e. The van der Waals surface area contributed by atoms with E-state index in [9.17, 15) is 4.79 Å². The van der Waals surface area contributed by atoms with Gasteiger partial charge in [-0.05, 0) is 44.0 Å². The lowest BCUT2D eigenvalue weighted by Crippen LogP contribution is -2.51. The highest BCUT2D eigenvalue weighted by molar-refractivity contribution is 7.98. The molecule has 1 aliphatic carbocycles. The van der Waals surface area contributed by atoms with E-state index in [1.165, 1.54) is 0 Å². The minimum atomic E-state index is -0.201. The molecule has 3 rings (SSSR count). The SMILES string of the molecule is Cc1nc(CSc2ccc(C(=O)NC3(CN)CCCC3)cc2)cs1.Cl.Cl. The van der Waals surface area contributed by atoms with E-state index in [2.05, 4.69) is 15.7 Å². The van der Waals surface area contributed by atoms with E-state index in [4.69, 9.17) is 5.73 Å². The van der Waals surface area contributed by atoms with Crippen LogP contribution in [-0.4, -0.2) is 23.0 Å². The summed E-state index contributed by atoms with van der Waals surface area (Å²) < 4.78 is 0. The van der Waals surface area contributed by atoms with Crippen molar-refractivity contribution in [1.82, 2.24) is 10.3 Å². The molecule has 8 heteroatoms. The number of amides is 1. The van der Waals surface area contributed by atoms with Gasteiger partial charge in [0.1, 0.15) is 0 Å². The van der Waals surface area contributed by atoms with Crippen LogP contribution in [0.15, 0.2) is 34.5 Å². The predicted octanol–water partition coefficient (Wildman–Crippen LogP) is 4.59. The highest BCUT2D eigenvalue weighted by atomic mass is 35.5. The molecule has 1 saturated carbocycles. The molecule has 1 aromatic heterocycles. The van der Waals surface area contributed by atoms with E-state index < -0.39 is 0 Å². The van der Waals surface area contributed by atoms with E-state index in [0.717, 1.165) is 47.0 Å². The minimum absolute atomic E-state index is 0. The fourth-order valence-electron chi connectivity index (χ4n) is 3.08. The van der Waals surface area contributed by atoms with E-state index in [0.29, 0.717) is 12.1 Å². The van der Waals surface area contributed by atoms with Crippen LogP contribution >= 0.6 is 47.9 Å². The van der Waals surface area contributed by atoms with Gasteiger partial charge < -0.3 is 11.1 Å². The van der Waals surface area contributed by atoms with Crippen LogP contribution in [0.2, 0.25) is 0 Å². The maximum atomic E-state index is 12.5. The monoisotopic (exact) mass is 433 g/mol. The number of nitrogens with two attached hydrogens (primary N) is 1. The van der Waals surface area contributed by atoms with Crippen LogP contribution in [0.25, 0.3) is 0 Å². The van der Waals surface area contributed by atoms with E-state index in [-0.39, 0.29) is 36.3 Å². The Morgan fingerprint density at radius 3 is 2.46 bits per heavy atom. The first-order valence-corrected chi connectivity index (χ1v) is 10.1. The zero-order valence-corrected chi connectivity index (χ0v) is 18.0. The Morgan fingerprint density at radius 1 is 1.27 bits per heavy atom. The average Bonchev–Trinajstić information content (AvgIpc) is 3.23. The quantitative estimate of drug-likeness (QED) is 0.653. The molecule has 3 N–H and O–H groups in total. The molecule has 0 atom stereocenters. The Bertz CT molecular complexity index is 701. The molecule has 1 aromatic carbocycles. The summed E-state index contributed by atoms with van der Waals surface area (Å²) in [6, 6.07) is 7.79. The summed E-state index contributed by atoms with van der Waals surface area (Å²) in [4.78, 5) is 18.1. The third-order valence-corrected chi connectivity index (χ3v) is 6.37. The molecule has 0 saturated heterocycles. The molecule has 1 heterocycles. The number of carbonyl (C=O) groups excluding carboxylic acids is 1. The molecule has 0 bridgehead atoms. The van der Waals surface area contributed by atoms with Gasteiger partial charge in [-0.15, -0.1) is 47.9 Å². The van der Waals surface area contributed by atoms with Crippen molar-refractivity contribution in [2.45, 2.75) is 48.8 Å². The number of hydrogen-bond acceptors (Lipinski definition) is 5. The molecule has 2 aromatic rings. The van der Waals surface area contributed by atoms with Crippen molar-refractivity contribution in [1.29, 1.82) is 0 Å². The fraction of sp³-hybridized carbons (Fsp3) is 0.444. The number of nitrogens with zero attached hydrogens (tertiary/aromatic N) is 1. The zero-order chi connectivity index (χ0) is 17.0. The second-order valence-corrected chi connectivity index (χ2v) is 8.43. The van der Waals surface area contributed by atoms with Crippen molar-refractivity contribution in [3.05, 3.63) is 45.9 Å². The third-order valence-electron chi connectivity index (χ3n) is 4.50. The largest absolute Gasteiger partial charge is 0.345 e. The van der Waals surface area contributed by atoms with Gasteiger partial charge in [-0.3, -0.25) is 4.79 Å². The van der Waals surface area contributed by atoms with Crippen LogP contribution in [0, 0.1) is 6.92 Å². The maximum absolute atomic E-state index is 12.5. The van der Waals surface area contributed by atoms with Crippen LogP contribution in [0.3, 0.4) is 0 Å². The number of thioether (sulfide) groups is 1. The van der Waals surface area contributed by atoms with Gasteiger partial charge in [0.15, 0.2) is 0 Å². The number of benzene rings is 1. The molecule has 4 nitrogen and oxygen atoms in total. The van der Waals surface area contributed by atoms with Crippen molar-refractivity contribution >= 4 is 53.8 Å². The number of nitrogens with one attached hydrogen (secondary N) is 1. The fourth-order valence-corrected chi connectivity index (χ4v) is 4.59. The molecular weight excluding hydrogens is 409 g/mol. The van der Waals surface area contributed by atoms with E-state index >= 15 is 0 Å². The Morgan fingerprint density at radius 2 is 1.92 bits per heavy atom. The van der Waals surface area contributed by atoms with Crippen molar-refractivity contribution in [2.75, 3.05) is 6.54 Å². The predicted molar refractivity (Wildman–Crippen MR) is 115 cm³/mol. The van der Waals surface area contributed by atoms with Crippen molar-refractivity contribution in [3.8, 4) is 0 Å². The second kappa shape index (κ2) is 10.5. The molecule has 1 aliphatic rings.